The Morgan fingerprint density at radius 1 is 1.15 bits per heavy atom. The van der Waals surface area contributed by atoms with Crippen molar-refractivity contribution < 1.29 is 24.4 Å². The van der Waals surface area contributed by atoms with Gasteiger partial charge in [0.1, 0.15) is 11.3 Å². The molecule has 2 rings (SSSR count). The lowest BCUT2D eigenvalue weighted by Gasteiger charge is -2.21. The molecule has 2 aromatic rings. The summed E-state index contributed by atoms with van der Waals surface area (Å²) in [5.41, 5.74) is 0.269. The summed E-state index contributed by atoms with van der Waals surface area (Å²) in [6.07, 6.45) is 0.272. The van der Waals surface area contributed by atoms with Gasteiger partial charge in [0, 0.05) is 38.0 Å². The van der Waals surface area contributed by atoms with Gasteiger partial charge in [0.25, 0.3) is 5.69 Å². The summed E-state index contributed by atoms with van der Waals surface area (Å²) in [6, 6.07) is 10.5. The van der Waals surface area contributed by atoms with Crippen molar-refractivity contribution >= 4 is 34.8 Å². The molecule has 0 fully saturated rings. The lowest BCUT2D eigenvalue weighted by atomic mass is 10.1. The maximum atomic E-state index is 11.7. The van der Waals surface area contributed by atoms with Crippen LogP contribution in [0.3, 0.4) is 0 Å². The van der Waals surface area contributed by atoms with Gasteiger partial charge < -0.3 is 20.1 Å². The van der Waals surface area contributed by atoms with Crippen LogP contribution in [0.5, 0.6) is 0 Å². The fraction of sp³-hybridized carbons (Fsp3) is 0.364. The van der Waals surface area contributed by atoms with Gasteiger partial charge in [-0.25, -0.2) is 9.59 Å². The van der Waals surface area contributed by atoms with Crippen molar-refractivity contribution in [1.29, 1.82) is 0 Å². The molecule has 0 saturated carbocycles. The Balaban J connectivity index is 1.93. The number of nitrogens with zero attached hydrogens (tertiary/aromatic N) is 4. The van der Waals surface area contributed by atoms with E-state index in [1.165, 1.54) is 12.1 Å². The molecule has 0 spiro atoms. The Labute approximate surface area is 191 Å². The maximum absolute atomic E-state index is 11.7. The first-order valence-corrected chi connectivity index (χ1v) is 10.2. The molecule has 2 N–H and O–H groups in total. The fourth-order valence-electron chi connectivity index (χ4n) is 2.73. The van der Waals surface area contributed by atoms with Crippen LogP contribution in [0.15, 0.2) is 52.7 Å². The van der Waals surface area contributed by atoms with Crippen molar-refractivity contribution in [3.8, 4) is 0 Å². The second-order valence-corrected chi connectivity index (χ2v) is 8.18. The van der Waals surface area contributed by atoms with E-state index in [1.54, 1.807) is 32.9 Å². The zero-order valence-electron chi connectivity index (χ0n) is 18.9. The molecule has 0 radical (unpaired) electrons. The van der Waals surface area contributed by atoms with Gasteiger partial charge in [-0.2, -0.15) is 5.11 Å². The molecular weight excluding hydrogens is 430 g/mol. The van der Waals surface area contributed by atoms with Gasteiger partial charge in [-0.3, -0.25) is 10.1 Å². The smallest absolute Gasteiger partial charge is 0.407 e. The number of rotatable bonds is 9. The van der Waals surface area contributed by atoms with E-state index < -0.39 is 22.6 Å². The Kier molecular flexibility index (Phi) is 8.43. The quantitative estimate of drug-likeness (QED) is 0.231. The van der Waals surface area contributed by atoms with Crippen LogP contribution in [0, 0.1) is 10.1 Å². The van der Waals surface area contributed by atoms with E-state index in [2.05, 4.69) is 15.5 Å². The molecule has 0 saturated heterocycles. The maximum Gasteiger partial charge on any atom is 0.407 e. The first-order chi connectivity index (χ1) is 15.5. The predicted octanol–water partition coefficient (Wildman–Crippen LogP) is 5.06. The largest absolute Gasteiger partial charge is 0.478 e. The number of nitro groups is 1. The monoisotopic (exact) mass is 457 g/mol. The Morgan fingerprint density at radius 2 is 1.82 bits per heavy atom. The summed E-state index contributed by atoms with van der Waals surface area (Å²) in [5.74, 6) is -1.33. The van der Waals surface area contributed by atoms with Crippen LogP contribution in [0.4, 0.5) is 27.5 Å². The number of carboxylic acids is 1. The molecule has 0 aliphatic rings. The number of benzene rings is 2. The highest BCUT2D eigenvalue weighted by atomic mass is 16.6. The van der Waals surface area contributed by atoms with E-state index in [1.807, 2.05) is 24.1 Å². The molecule has 11 heteroatoms. The average Bonchev–Trinajstić information content (AvgIpc) is 2.74. The summed E-state index contributed by atoms with van der Waals surface area (Å²) in [5, 5.41) is 30.8. The number of non-ortho nitro benzene ring substituents is 1. The number of ether oxygens (including phenoxy) is 1. The van der Waals surface area contributed by atoms with Crippen LogP contribution in [0.2, 0.25) is 0 Å². The summed E-state index contributed by atoms with van der Waals surface area (Å²) in [4.78, 5) is 35.2. The number of aromatic carboxylic acids is 1. The molecule has 0 atom stereocenters. The third-order valence-corrected chi connectivity index (χ3v) is 4.32. The Hall–Kier alpha value is -4.02. The molecule has 33 heavy (non-hydrogen) atoms. The van der Waals surface area contributed by atoms with Crippen LogP contribution in [-0.2, 0) is 4.74 Å². The molecule has 0 heterocycles. The second-order valence-electron chi connectivity index (χ2n) is 8.18. The predicted molar refractivity (Wildman–Crippen MR) is 123 cm³/mol. The Morgan fingerprint density at radius 3 is 2.39 bits per heavy atom. The van der Waals surface area contributed by atoms with Gasteiger partial charge in [-0.15, -0.1) is 5.11 Å². The highest BCUT2D eigenvalue weighted by Gasteiger charge is 2.16. The minimum Gasteiger partial charge on any atom is -0.478 e. The van der Waals surface area contributed by atoms with E-state index in [-0.39, 0.29) is 16.9 Å². The van der Waals surface area contributed by atoms with Crippen LogP contribution in [0.25, 0.3) is 0 Å². The van der Waals surface area contributed by atoms with Crippen molar-refractivity contribution in [3.05, 3.63) is 58.1 Å². The number of amides is 1. The van der Waals surface area contributed by atoms with Gasteiger partial charge in [0.05, 0.1) is 16.2 Å². The molecule has 0 unspecified atom stereocenters. The first kappa shape index (κ1) is 25.2. The molecule has 0 bridgehead atoms. The van der Waals surface area contributed by atoms with Gasteiger partial charge in [-0.1, -0.05) is 0 Å². The Bertz CT molecular complexity index is 1030. The van der Waals surface area contributed by atoms with E-state index >= 15 is 0 Å². The average molecular weight is 457 g/mol. The highest BCUT2D eigenvalue weighted by molar-refractivity contribution is 5.94. The number of anilines is 1. The summed E-state index contributed by atoms with van der Waals surface area (Å²) in [7, 11) is 1.92. The lowest BCUT2D eigenvalue weighted by Crippen LogP contribution is -2.34. The molecular formula is C22H27N5O6. The van der Waals surface area contributed by atoms with Crippen molar-refractivity contribution in [3.63, 3.8) is 0 Å². The van der Waals surface area contributed by atoms with Gasteiger partial charge in [-0.05, 0) is 57.5 Å². The molecule has 1 amide bonds. The zero-order valence-corrected chi connectivity index (χ0v) is 18.9. The van der Waals surface area contributed by atoms with Gasteiger partial charge >= 0.3 is 12.1 Å². The number of carbonyl (C=O) groups excluding carboxylic acids is 1. The summed E-state index contributed by atoms with van der Waals surface area (Å²) < 4.78 is 5.19. The lowest BCUT2D eigenvalue weighted by molar-refractivity contribution is -0.384. The van der Waals surface area contributed by atoms with Gasteiger partial charge in [0.2, 0.25) is 0 Å². The number of hydrogen-bond donors (Lipinski definition) is 2. The molecule has 2 aromatic carbocycles. The number of nitro benzene ring substituents is 1. The van der Waals surface area contributed by atoms with Crippen LogP contribution in [0.1, 0.15) is 37.6 Å². The van der Waals surface area contributed by atoms with Crippen molar-refractivity contribution in [2.45, 2.75) is 32.8 Å². The number of carboxylic acid groups (broad SMARTS) is 1. The van der Waals surface area contributed by atoms with Crippen LogP contribution >= 0.6 is 0 Å². The summed E-state index contributed by atoms with van der Waals surface area (Å²) >= 11 is 0. The molecule has 176 valence electrons. The van der Waals surface area contributed by atoms with E-state index in [0.29, 0.717) is 18.8 Å². The molecule has 0 aliphatic carbocycles. The third kappa shape index (κ3) is 8.20. The number of hydrogen-bond acceptors (Lipinski definition) is 8. The van der Waals surface area contributed by atoms with Crippen molar-refractivity contribution in [2.75, 3.05) is 25.0 Å². The minimum atomic E-state index is -1.33. The fourth-order valence-corrected chi connectivity index (χ4v) is 2.73. The number of alkyl carbamates (subject to hydrolysis) is 1. The van der Waals surface area contributed by atoms with E-state index in [4.69, 9.17) is 4.74 Å². The third-order valence-electron chi connectivity index (χ3n) is 4.32. The first-order valence-electron chi connectivity index (χ1n) is 10.2. The second kappa shape index (κ2) is 11.0. The highest BCUT2D eigenvalue weighted by Crippen LogP contribution is 2.27. The number of nitrogens with one attached hydrogen (secondary N) is 1. The SMILES string of the molecule is CN(CCCNC(=O)OC(C)(C)C)c1ccc(N=Nc2ccc([N+](=O)[O-])cc2C(=O)O)cc1. The molecule has 11 nitrogen and oxygen atoms in total. The topological polar surface area (TPSA) is 147 Å². The van der Waals surface area contributed by atoms with Gasteiger partial charge in [0.15, 0.2) is 0 Å². The number of carbonyl (C=O) groups is 2. The standard InChI is InChI=1S/C22H27N5O6/c1-22(2,3)33-21(30)23-12-5-13-26(4)16-8-6-15(7-9-16)24-25-19-11-10-17(27(31)32)14-18(19)20(28)29/h6-11,14H,5,12-13H2,1-4H3,(H,23,30)(H,28,29). The zero-order chi connectivity index (χ0) is 24.6. The van der Waals surface area contributed by atoms with E-state index in [9.17, 15) is 24.8 Å². The number of azo groups is 1. The van der Waals surface area contributed by atoms with Crippen LogP contribution < -0.4 is 10.2 Å². The van der Waals surface area contributed by atoms with Crippen molar-refractivity contribution in [1.82, 2.24) is 5.32 Å². The minimum absolute atomic E-state index is 0.0202. The molecule has 0 aromatic heterocycles. The van der Waals surface area contributed by atoms with Crippen molar-refractivity contribution in [2.24, 2.45) is 10.2 Å². The summed E-state index contributed by atoms with van der Waals surface area (Å²) in [6.45, 7) is 6.59. The molecule has 0 aliphatic heterocycles. The van der Waals surface area contributed by atoms with E-state index in [0.717, 1.165) is 18.2 Å². The van der Waals surface area contributed by atoms with Crippen LogP contribution in [-0.4, -0.2) is 47.8 Å². The normalized spacial score (nSPS) is 11.3.